The summed E-state index contributed by atoms with van der Waals surface area (Å²) in [7, 11) is 0. The smallest absolute Gasteiger partial charge is 0.303 e. The molecule has 4 rings (SSSR count). The third-order valence-electron chi connectivity index (χ3n) is 5.03. The number of fused-ring (bicyclic) bond motifs is 1. The SMILES string of the molecule is O=C(O)CCCOc1ccc(-c2cnc3c(c2)C(C(=O)c2ccccc2)=CC3)cc1. The third-order valence-corrected chi connectivity index (χ3v) is 5.03. The Hall–Kier alpha value is -3.73. The fraction of sp³-hybridized carbons (Fsp3) is 0.160. The van der Waals surface area contributed by atoms with Crippen LogP contribution in [0.15, 0.2) is 72.9 Å². The van der Waals surface area contributed by atoms with Crippen molar-refractivity contribution in [1.82, 2.24) is 4.98 Å². The number of hydrogen-bond acceptors (Lipinski definition) is 4. The van der Waals surface area contributed by atoms with Crippen molar-refractivity contribution in [2.45, 2.75) is 19.3 Å². The number of aromatic nitrogens is 1. The number of carbonyl (C=O) groups is 2. The van der Waals surface area contributed by atoms with Gasteiger partial charge >= 0.3 is 5.97 Å². The van der Waals surface area contributed by atoms with Gasteiger partial charge in [0.25, 0.3) is 0 Å². The van der Waals surface area contributed by atoms with Crippen LogP contribution < -0.4 is 4.74 Å². The fourth-order valence-corrected chi connectivity index (χ4v) is 3.47. The standard InChI is InChI=1S/C25H21NO4/c27-24(28)7-4-14-30-20-10-8-17(9-11-20)19-15-22-21(12-13-23(22)26-16-19)25(29)18-5-2-1-3-6-18/h1-3,5-6,8-12,15-16H,4,7,13-14H2,(H,27,28). The molecule has 0 saturated heterocycles. The highest BCUT2D eigenvalue weighted by molar-refractivity contribution is 6.29. The van der Waals surface area contributed by atoms with E-state index in [1.807, 2.05) is 72.9 Å². The summed E-state index contributed by atoms with van der Waals surface area (Å²) in [5.74, 6) is -0.117. The molecule has 1 N–H and O–H groups in total. The van der Waals surface area contributed by atoms with Crippen LogP contribution in [0, 0.1) is 0 Å². The highest BCUT2D eigenvalue weighted by atomic mass is 16.5. The Bertz CT molecular complexity index is 1100. The topological polar surface area (TPSA) is 76.5 Å². The number of benzene rings is 2. The van der Waals surface area contributed by atoms with Gasteiger partial charge in [-0.15, -0.1) is 0 Å². The summed E-state index contributed by atoms with van der Waals surface area (Å²) in [6, 6.07) is 18.9. The maximum atomic E-state index is 12.9. The first-order valence-electron chi connectivity index (χ1n) is 9.86. The number of nitrogens with zero attached hydrogens (tertiary/aromatic N) is 1. The molecule has 0 amide bonds. The van der Waals surface area contributed by atoms with Crippen LogP contribution in [0.25, 0.3) is 16.7 Å². The van der Waals surface area contributed by atoms with E-state index in [0.29, 0.717) is 36.3 Å². The van der Waals surface area contributed by atoms with Gasteiger partial charge in [0, 0.05) is 41.3 Å². The molecule has 1 heterocycles. The zero-order valence-electron chi connectivity index (χ0n) is 16.4. The third kappa shape index (κ3) is 4.30. The van der Waals surface area contributed by atoms with E-state index in [9.17, 15) is 9.59 Å². The summed E-state index contributed by atoms with van der Waals surface area (Å²) < 4.78 is 5.59. The molecule has 30 heavy (non-hydrogen) atoms. The second-order valence-electron chi connectivity index (χ2n) is 7.11. The Kier molecular flexibility index (Phi) is 5.70. The van der Waals surface area contributed by atoms with Crippen molar-refractivity contribution >= 4 is 17.3 Å². The van der Waals surface area contributed by atoms with Crippen molar-refractivity contribution in [2.24, 2.45) is 0 Å². The number of hydrogen-bond donors (Lipinski definition) is 1. The quantitative estimate of drug-likeness (QED) is 0.434. The van der Waals surface area contributed by atoms with E-state index >= 15 is 0 Å². The number of aliphatic carboxylic acids is 1. The number of carboxylic acid groups (broad SMARTS) is 1. The van der Waals surface area contributed by atoms with Crippen molar-refractivity contribution in [1.29, 1.82) is 0 Å². The van der Waals surface area contributed by atoms with Crippen LogP contribution in [0.3, 0.4) is 0 Å². The zero-order chi connectivity index (χ0) is 20.9. The maximum absolute atomic E-state index is 12.9. The van der Waals surface area contributed by atoms with Gasteiger partial charge in [0.05, 0.1) is 12.3 Å². The molecule has 0 bridgehead atoms. The minimum atomic E-state index is -0.822. The summed E-state index contributed by atoms with van der Waals surface area (Å²) in [4.78, 5) is 28.0. The summed E-state index contributed by atoms with van der Waals surface area (Å²) >= 11 is 0. The molecule has 0 radical (unpaired) electrons. The van der Waals surface area contributed by atoms with Crippen molar-refractivity contribution in [3.8, 4) is 16.9 Å². The van der Waals surface area contributed by atoms with Gasteiger partial charge in [-0.05, 0) is 30.2 Å². The second-order valence-corrected chi connectivity index (χ2v) is 7.11. The highest BCUT2D eigenvalue weighted by Gasteiger charge is 2.22. The monoisotopic (exact) mass is 399 g/mol. The molecule has 1 aromatic heterocycles. The minimum absolute atomic E-state index is 0.0124. The number of Topliss-reactive ketones (excluding diaryl/α,β-unsaturated/α-hetero) is 1. The van der Waals surface area contributed by atoms with Crippen molar-refractivity contribution in [3.05, 3.63) is 89.8 Å². The minimum Gasteiger partial charge on any atom is -0.494 e. The average molecular weight is 399 g/mol. The lowest BCUT2D eigenvalue weighted by Crippen LogP contribution is -2.02. The molecule has 0 atom stereocenters. The molecule has 1 aliphatic rings. The Morgan fingerprint density at radius 2 is 1.77 bits per heavy atom. The predicted octanol–water partition coefficient (Wildman–Crippen LogP) is 4.81. The van der Waals surface area contributed by atoms with Crippen LogP contribution in [-0.2, 0) is 11.2 Å². The van der Waals surface area contributed by atoms with Crippen molar-refractivity contribution in [3.63, 3.8) is 0 Å². The summed E-state index contributed by atoms with van der Waals surface area (Å²) in [5.41, 5.74) is 5.07. The molecule has 150 valence electrons. The first kappa shape index (κ1) is 19.6. The number of carboxylic acids is 1. The lowest BCUT2D eigenvalue weighted by molar-refractivity contribution is -0.137. The van der Waals surface area contributed by atoms with E-state index in [1.54, 1.807) is 0 Å². The Morgan fingerprint density at radius 3 is 2.50 bits per heavy atom. The van der Waals surface area contributed by atoms with Gasteiger partial charge in [0.2, 0.25) is 0 Å². The van der Waals surface area contributed by atoms with Gasteiger partial charge in [-0.1, -0.05) is 48.5 Å². The van der Waals surface area contributed by atoms with Crippen LogP contribution in [0.5, 0.6) is 5.75 Å². The first-order chi connectivity index (χ1) is 14.6. The van der Waals surface area contributed by atoms with E-state index in [2.05, 4.69) is 4.98 Å². The van der Waals surface area contributed by atoms with Gasteiger partial charge in [-0.3, -0.25) is 14.6 Å². The summed E-state index contributed by atoms with van der Waals surface area (Å²) in [6.45, 7) is 0.363. The van der Waals surface area contributed by atoms with E-state index < -0.39 is 5.97 Å². The van der Waals surface area contributed by atoms with Crippen LogP contribution in [-0.4, -0.2) is 28.4 Å². The number of carbonyl (C=O) groups excluding carboxylic acids is 1. The fourth-order valence-electron chi connectivity index (χ4n) is 3.47. The average Bonchev–Trinajstić information content (AvgIpc) is 3.20. The molecule has 0 unspecified atom stereocenters. The van der Waals surface area contributed by atoms with E-state index in [0.717, 1.165) is 22.4 Å². The molecule has 0 aliphatic heterocycles. The molecule has 0 fully saturated rings. The van der Waals surface area contributed by atoms with Gasteiger partial charge < -0.3 is 9.84 Å². The Balaban J connectivity index is 1.50. The van der Waals surface area contributed by atoms with Crippen molar-refractivity contribution < 1.29 is 19.4 Å². The lowest BCUT2D eigenvalue weighted by Gasteiger charge is -2.09. The van der Waals surface area contributed by atoms with E-state index in [-0.39, 0.29) is 12.2 Å². The van der Waals surface area contributed by atoms with Crippen LogP contribution >= 0.6 is 0 Å². The van der Waals surface area contributed by atoms with Gasteiger partial charge in [-0.25, -0.2) is 0 Å². The normalized spacial score (nSPS) is 12.2. The molecule has 0 saturated carbocycles. The lowest BCUT2D eigenvalue weighted by atomic mass is 9.97. The molecule has 3 aromatic rings. The number of allylic oxidation sites excluding steroid dienone is 2. The number of pyridine rings is 1. The van der Waals surface area contributed by atoms with Crippen molar-refractivity contribution in [2.75, 3.05) is 6.61 Å². The number of rotatable bonds is 8. The number of ketones is 1. The first-order valence-corrected chi connectivity index (χ1v) is 9.86. The predicted molar refractivity (Wildman–Crippen MR) is 114 cm³/mol. The van der Waals surface area contributed by atoms with Crippen LogP contribution in [0.4, 0.5) is 0 Å². The molecule has 5 heteroatoms. The summed E-state index contributed by atoms with van der Waals surface area (Å²) in [6.07, 6.45) is 5.00. The molecular weight excluding hydrogens is 378 g/mol. The van der Waals surface area contributed by atoms with Gasteiger partial charge in [-0.2, -0.15) is 0 Å². The molecule has 0 spiro atoms. The van der Waals surface area contributed by atoms with Gasteiger partial charge in [0.1, 0.15) is 5.75 Å². The van der Waals surface area contributed by atoms with Crippen LogP contribution in [0.1, 0.15) is 34.5 Å². The molecule has 2 aromatic carbocycles. The Labute approximate surface area is 174 Å². The maximum Gasteiger partial charge on any atom is 0.303 e. The van der Waals surface area contributed by atoms with Crippen LogP contribution in [0.2, 0.25) is 0 Å². The Morgan fingerprint density at radius 1 is 1.00 bits per heavy atom. The molecular formula is C25H21NO4. The van der Waals surface area contributed by atoms with E-state index in [1.165, 1.54) is 0 Å². The molecule has 5 nitrogen and oxygen atoms in total. The van der Waals surface area contributed by atoms with E-state index in [4.69, 9.17) is 9.84 Å². The zero-order valence-corrected chi connectivity index (χ0v) is 16.4. The molecule has 1 aliphatic carbocycles. The number of ether oxygens (including phenoxy) is 1. The largest absolute Gasteiger partial charge is 0.494 e. The highest BCUT2D eigenvalue weighted by Crippen LogP contribution is 2.32. The second kappa shape index (κ2) is 8.74. The summed E-state index contributed by atoms with van der Waals surface area (Å²) in [5, 5.41) is 8.67. The van der Waals surface area contributed by atoms with Gasteiger partial charge in [0.15, 0.2) is 5.78 Å².